The molecular formula is C23H26N4O3. The summed E-state index contributed by atoms with van der Waals surface area (Å²) in [5.41, 5.74) is 2.75. The first-order chi connectivity index (χ1) is 14.3. The minimum absolute atomic E-state index is 0.0214. The highest BCUT2D eigenvalue weighted by Crippen LogP contribution is 2.32. The molecule has 1 aromatic heterocycles. The van der Waals surface area contributed by atoms with Crippen molar-refractivity contribution in [1.29, 1.82) is 0 Å². The van der Waals surface area contributed by atoms with Gasteiger partial charge in [-0.3, -0.25) is 19.7 Å². The fraction of sp³-hybridized carbons (Fsp3) is 0.391. The summed E-state index contributed by atoms with van der Waals surface area (Å²) in [5, 5.41) is 2.36. The van der Waals surface area contributed by atoms with Gasteiger partial charge in [-0.1, -0.05) is 18.2 Å². The normalized spacial score (nSPS) is 21.7. The molecule has 2 saturated heterocycles. The van der Waals surface area contributed by atoms with Crippen LogP contribution in [0.3, 0.4) is 0 Å². The molecule has 2 aliphatic heterocycles. The number of hydrogen-bond acceptors (Lipinski definition) is 5. The van der Waals surface area contributed by atoms with Crippen molar-refractivity contribution in [1.82, 2.24) is 15.2 Å². The molecule has 156 valence electrons. The van der Waals surface area contributed by atoms with Gasteiger partial charge in [-0.2, -0.15) is 0 Å². The number of rotatable bonds is 3. The summed E-state index contributed by atoms with van der Waals surface area (Å²) in [6, 6.07) is 9.18. The Balaban J connectivity index is 1.42. The Bertz CT molecular complexity index is 1010. The zero-order valence-electron chi connectivity index (χ0n) is 17.6. The van der Waals surface area contributed by atoms with Gasteiger partial charge in [0, 0.05) is 44.4 Å². The first-order valence-corrected chi connectivity index (χ1v) is 10.2. The average Bonchev–Trinajstić information content (AvgIpc) is 3.00. The van der Waals surface area contributed by atoms with Crippen molar-refractivity contribution in [3.8, 4) is 0 Å². The maximum Gasteiger partial charge on any atom is 0.253 e. The van der Waals surface area contributed by atoms with E-state index >= 15 is 0 Å². The molecule has 1 atom stereocenters. The van der Waals surface area contributed by atoms with Crippen molar-refractivity contribution in [2.75, 3.05) is 31.1 Å². The van der Waals surface area contributed by atoms with E-state index in [0.29, 0.717) is 18.7 Å². The largest absolute Gasteiger partial charge is 0.353 e. The van der Waals surface area contributed by atoms with E-state index in [1.54, 1.807) is 31.2 Å². The van der Waals surface area contributed by atoms with Crippen LogP contribution in [0.15, 0.2) is 36.5 Å². The lowest BCUT2D eigenvalue weighted by atomic mass is 9.80. The van der Waals surface area contributed by atoms with Crippen LogP contribution < -0.4 is 10.2 Å². The number of piperazine rings is 1. The molecule has 2 fully saturated rings. The molecule has 0 unspecified atom stereocenters. The molecule has 4 rings (SSSR count). The monoisotopic (exact) mass is 406 g/mol. The summed E-state index contributed by atoms with van der Waals surface area (Å²) in [4.78, 5) is 45.3. The van der Waals surface area contributed by atoms with Crippen LogP contribution in [0.5, 0.6) is 0 Å². The van der Waals surface area contributed by atoms with Gasteiger partial charge >= 0.3 is 0 Å². The summed E-state index contributed by atoms with van der Waals surface area (Å²) in [6.45, 7) is 8.58. The lowest BCUT2D eigenvalue weighted by Crippen LogP contribution is -2.49. The number of amides is 3. The molecule has 0 aliphatic carbocycles. The van der Waals surface area contributed by atoms with Crippen molar-refractivity contribution < 1.29 is 14.4 Å². The van der Waals surface area contributed by atoms with E-state index in [-0.39, 0.29) is 24.1 Å². The first-order valence-electron chi connectivity index (χ1n) is 10.2. The quantitative estimate of drug-likeness (QED) is 0.788. The Morgan fingerprint density at radius 3 is 2.30 bits per heavy atom. The van der Waals surface area contributed by atoms with Gasteiger partial charge < -0.3 is 9.80 Å². The number of nitrogens with one attached hydrogen (secondary N) is 1. The Morgan fingerprint density at radius 2 is 1.73 bits per heavy atom. The molecule has 0 radical (unpaired) electrons. The Morgan fingerprint density at radius 1 is 1.07 bits per heavy atom. The smallest absolute Gasteiger partial charge is 0.253 e. The zero-order chi connectivity index (χ0) is 21.5. The molecule has 2 aliphatic rings. The highest BCUT2D eigenvalue weighted by Gasteiger charge is 2.43. The van der Waals surface area contributed by atoms with Gasteiger partial charge in [-0.25, -0.2) is 4.98 Å². The van der Waals surface area contributed by atoms with Crippen LogP contribution in [0.4, 0.5) is 5.82 Å². The third kappa shape index (κ3) is 3.56. The maximum absolute atomic E-state index is 12.9. The summed E-state index contributed by atoms with van der Waals surface area (Å²) in [6.07, 6.45) is 2.01. The Hall–Kier alpha value is -3.22. The van der Waals surface area contributed by atoms with Crippen LogP contribution in [-0.4, -0.2) is 53.8 Å². The second-order valence-corrected chi connectivity index (χ2v) is 8.40. The predicted octanol–water partition coefficient (Wildman–Crippen LogP) is 1.97. The second kappa shape index (κ2) is 7.55. The number of imide groups is 1. The molecule has 3 amide bonds. The molecule has 1 N–H and O–H groups in total. The number of benzene rings is 1. The predicted molar refractivity (Wildman–Crippen MR) is 113 cm³/mol. The van der Waals surface area contributed by atoms with E-state index in [4.69, 9.17) is 0 Å². The number of anilines is 1. The fourth-order valence-electron chi connectivity index (χ4n) is 4.27. The molecule has 7 heteroatoms. The van der Waals surface area contributed by atoms with Crippen molar-refractivity contribution in [2.24, 2.45) is 0 Å². The maximum atomic E-state index is 12.9. The summed E-state index contributed by atoms with van der Waals surface area (Å²) < 4.78 is 0. The van der Waals surface area contributed by atoms with Crippen molar-refractivity contribution >= 4 is 23.5 Å². The van der Waals surface area contributed by atoms with Crippen molar-refractivity contribution in [2.45, 2.75) is 32.6 Å². The van der Waals surface area contributed by atoms with Gasteiger partial charge in [0.05, 0.1) is 5.41 Å². The van der Waals surface area contributed by atoms with Gasteiger partial charge in [0.1, 0.15) is 5.82 Å². The fourth-order valence-corrected chi connectivity index (χ4v) is 4.27. The minimum atomic E-state index is -0.872. The van der Waals surface area contributed by atoms with Gasteiger partial charge in [-0.05, 0) is 49.6 Å². The van der Waals surface area contributed by atoms with Crippen LogP contribution in [0.1, 0.15) is 40.4 Å². The van der Waals surface area contributed by atoms with Crippen LogP contribution in [-0.2, 0) is 15.0 Å². The highest BCUT2D eigenvalue weighted by atomic mass is 16.2. The van der Waals surface area contributed by atoms with E-state index < -0.39 is 5.41 Å². The van der Waals surface area contributed by atoms with Crippen LogP contribution >= 0.6 is 0 Å². The average molecular weight is 406 g/mol. The zero-order valence-corrected chi connectivity index (χ0v) is 17.6. The third-order valence-electron chi connectivity index (χ3n) is 6.09. The molecule has 0 saturated carbocycles. The van der Waals surface area contributed by atoms with E-state index in [2.05, 4.69) is 28.2 Å². The van der Waals surface area contributed by atoms with Crippen molar-refractivity contribution in [3.63, 3.8) is 0 Å². The molecule has 0 bridgehead atoms. The van der Waals surface area contributed by atoms with E-state index in [9.17, 15) is 14.4 Å². The SMILES string of the molecule is Cc1cnc(N2CCN(C(=O)c3ccc([C@@]4(C)CC(=O)NC4=O)cc3)CC2)c(C)c1. The lowest BCUT2D eigenvalue weighted by molar-refractivity contribution is -0.126. The van der Waals surface area contributed by atoms with Crippen LogP contribution in [0.2, 0.25) is 0 Å². The topological polar surface area (TPSA) is 82.6 Å². The number of carbonyl (C=O) groups is 3. The highest BCUT2D eigenvalue weighted by molar-refractivity contribution is 6.08. The molecular weight excluding hydrogens is 380 g/mol. The van der Waals surface area contributed by atoms with Gasteiger partial charge in [-0.15, -0.1) is 0 Å². The van der Waals surface area contributed by atoms with E-state index in [1.165, 1.54) is 0 Å². The van der Waals surface area contributed by atoms with Gasteiger partial charge in [0.25, 0.3) is 5.91 Å². The summed E-state index contributed by atoms with van der Waals surface area (Å²) >= 11 is 0. The third-order valence-corrected chi connectivity index (χ3v) is 6.09. The molecule has 3 heterocycles. The standard InChI is InChI=1S/C23H26N4O3/c1-15-12-16(2)20(24-14-15)26-8-10-27(11-9-26)21(29)17-4-6-18(7-5-17)23(3)13-19(28)25-22(23)30/h4-7,12,14H,8-11,13H2,1-3H3,(H,25,28,30)/t23-/m1/s1. The number of aryl methyl sites for hydroxylation is 2. The first kappa shape index (κ1) is 20.1. The Kier molecular flexibility index (Phi) is 5.05. The molecule has 2 aromatic rings. The number of hydrogen-bond donors (Lipinski definition) is 1. The second-order valence-electron chi connectivity index (χ2n) is 8.40. The van der Waals surface area contributed by atoms with Crippen molar-refractivity contribution in [3.05, 3.63) is 58.8 Å². The Labute approximate surface area is 176 Å². The number of pyridine rings is 1. The number of nitrogens with zero attached hydrogens (tertiary/aromatic N) is 3. The number of aromatic nitrogens is 1. The lowest BCUT2D eigenvalue weighted by Gasteiger charge is -2.36. The van der Waals surface area contributed by atoms with Gasteiger partial charge in [0.15, 0.2) is 0 Å². The van der Waals surface area contributed by atoms with Crippen LogP contribution in [0, 0.1) is 13.8 Å². The molecule has 7 nitrogen and oxygen atoms in total. The van der Waals surface area contributed by atoms with E-state index in [1.807, 2.05) is 18.0 Å². The molecule has 1 aromatic carbocycles. The van der Waals surface area contributed by atoms with Gasteiger partial charge in [0.2, 0.25) is 11.8 Å². The summed E-state index contributed by atoms with van der Waals surface area (Å²) in [5.74, 6) is 0.406. The number of carbonyl (C=O) groups excluding carboxylic acids is 3. The summed E-state index contributed by atoms with van der Waals surface area (Å²) in [7, 11) is 0. The molecule has 0 spiro atoms. The minimum Gasteiger partial charge on any atom is -0.353 e. The van der Waals surface area contributed by atoms with E-state index in [0.717, 1.165) is 35.6 Å². The van der Waals surface area contributed by atoms with Crippen LogP contribution in [0.25, 0.3) is 0 Å². The molecule has 30 heavy (non-hydrogen) atoms.